The number of hydrogen-bond donors (Lipinski definition) is 1. The zero-order valence-corrected chi connectivity index (χ0v) is 19.1. The maximum absolute atomic E-state index is 5.86. The van der Waals surface area contributed by atoms with E-state index in [9.17, 15) is 0 Å². The summed E-state index contributed by atoms with van der Waals surface area (Å²) < 4.78 is 13.3. The van der Waals surface area contributed by atoms with E-state index in [1.165, 1.54) is 0 Å². The molecule has 1 saturated heterocycles. The van der Waals surface area contributed by atoms with Crippen molar-refractivity contribution in [2.24, 2.45) is 0 Å². The van der Waals surface area contributed by atoms with Crippen molar-refractivity contribution < 1.29 is 9.47 Å². The largest absolute Gasteiger partial charge is 0.497 e. The van der Waals surface area contributed by atoms with Crippen LogP contribution in [0, 0.1) is 0 Å². The van der Waals surface area contributed by atoms with Crippen molar-refractivity contribution in [1.29, 1.82) is 0 Å². The molecule has 0 unspecified atom stereocenters. The number of nitrogens with zero attached hydrogens (tertiary/aromatic N) is 4. The molecule has 1 fully saturated rings. The van der Waals surface area contributed by atoms with Crippen molar-refractivity contribution in [1.82, 2.24) is 19.9 Å². The first kappa shape index (κ1) is 21.0. The van der Waals surface area contributed by atoms with Gasteiger partial charge in [0.2, 0.25) is 0 Å². The second-order valence-corrected chi connectivity index (χ2v) is 7.91. The monoisotopic (exact) mass is 457 g/mol. The second kappa shape index (κ2) is 8.91. The van der Waals surface area contributed by atoms with Gasteiger partial charge in [0.1, 0.15) is 23.4 Å². The van der Waals surface area contributed by atoms with Crippen LogP contribution in [0.25, 0.3) is 5.82 Å². The van der Waals surface area contributed by atoms with E-state index in [0.717, 1.165) is 22.9 Å². The van der Waals surface area contributed by atoms with Gasteiger partial charge in [-0.3, -0.25) is 4.98 Å². The average Bonchev–Trinajstić information content (AvgIpc) is 3.49. The Morgan fingerprint density at radius 1 is 0.909 bits per heavy atom. The molecule has 1 aliphatic rings. The van der Waals surface area contributed by atoms with E-state index in [-0.39, 0.29) is 12.1 Å². The molecule has 0 aliphatic carbocycles. The molecule has 1 N–H and O–H groups in total. The molecule has 8 heteroatoms. The van der Waals surface area contributed by atoms with Crippen molar-refractivity contribution in [2.45, 2.75) is 12.1 Å². The molecule has 4 heterocycles. The fraction of sp³-hybridized carbons (Fsp3) is 0.160. The zero-order valence-electron chi connectivity index (χ0n) is 18.3. The number of ether oxygens (including phenoxy) is 2. The van der Waals surface area contributed by atoms with Crippen LogP contribution in [0.4, 0.5) is 5.69 Å². The van der Waals surface area contributed by atoms with Gasteiger partial charge in [-0.1, -0.05) is 12.1 Å². The maximum Gasteiger partial charge on any atom is 0.174 e. The summed E-state index contributed by atoms with van der Waals surface area (Å²) in [6, 6.07) is 21.2. The lowest BCUT2D eigenvalue weighted by atomic mass is 10.0. The molecule has 0 radical (unpaired) electrons. The highest BCUT2D eigenvalue weighted by molar-refractivity contribution is 7.80. The fourth-order valence-electron chi connectivity index (χ4n) is 4.24. The van der Waals surface area contributed by atoms with E-state index >= 15 is 0 Å². The summed E-state index contributed by atoms with van der Waals surface area (Å²) in [6.45, 7) is 0. The van der Waals surface area contributed by atoms with Crippen LogP contribution in [0.1, 0.15) is 23.5 Å². The summed E-state index contributed by atoms with van der Waals surface area (Å²) in [4.78, 5) is 11.3. The van der Waals surface area contributed by atoms with Gasteiger partial charge in [-0.2, -0.15) is 0 Å². The number of hydrogen-bond acceptors (Lipinski definition) is 5. The van der Waals surface area contributed by atoms with Gasteiger partial charge in [-0.25, -0.2) is 4.98 Å². The van der Waals surface area contributed by atoms with Crippen LogP contribution >= 0.6 is 12.2 Å². The number of thiocarbonyl (C=S) groups is 1. The first-order valence-electron chi connectivity index (χ1n) is 10.5. The summed E-state index contributed by atoms with van der Waals surface area (Å²) in [7, 11) is 3.30. The van der Waals surface area contributed by atoms with Crippen LogP contribution in [0.2, 0.25) is 0 Å². The third-order valence-electron chi connectivity index (χ3n) is 5.72. The van der Waals surface area contributed by atoms with Crippen molar-refractivity contribution in [3.63, 3.8) is 0 Å². The van der Waals surface area contributed by atoms with E-state index in [0.29, 0.717) is 16.6 Å². The molecular weight excluding hydrogens is 434 g/mol. The Hall–Kier alpha value is -3.91. The fourth-order valence-corrected chi connectivity index (χ4v) is 4.58. The van der Waals surface area contributed by atoms with Gasteiger partial charge in [0.25, 0.3) is 0 Å². The van der Waals surface area contributed by atoms with Crippen LogP contribution in [0.3, 0.4) is 0 Å². The third kappa shape index (κ3) is 3.78. The van der Waals surface area contributed by atoms with E-state index in [2.05, 4.69) is 30.8 Å². The van der Waals surface area contributed by atoms with Crippen molar-refractivity contribution >= 4 is 23.0 Å². The van der Waals surface area contributed by atoms with Crippen molar-refractivity contribution in [3.05, 3.63) is 96.7 Å². The van der Waals surface area contributed by atoms with E-state index in [4.69, 9.17) is 21.7 Å². The summed E-state index contributed by atoms with van der Waals surface area (Å²) in [5, 5.41) is 4.07. The number of methoxy groups -OCH3 is 2. The lowest BCUT2D eigenvalue weighted by Crippen LogP contribution is -2.30. The lowest BCUT2D eigenvalue weighted by molar-refractivity contribution is 0.402. The SMILES string of the molecule is COc1ccc(OC)c(N2C(=S)N[C@@H](c3ccccn3)[C@H]2c2cccn2-c2ccccn2)c1. The predicted octanol–water partition coefficient (Wildman–Crippen LogP) is 4.46. The molecule has 33 heavy (non-hydrogen) atoms. The molecular formula is C25H23N5O2S. The van der Waals surface area contributed by atoms with E-state index < -0.39 is 0 Å². The van der Waals surface area contributed by atoms with Crippen molar-refractivity contribution in [3.8, 4) is 17.3 Å². The first-order valence-corrected chi connectivity index (χ1v) is 10.9. The second-order valence-electron chi connectivity index (χ2n) is 7.53. The van der Waals surface area contributed by atoms with Gasteiger partial charge >= 0.3 is 0 Å². The number of benzene rings is 1. The highest BCUT2D eigenvalue weighted by Gasteiger charge is 2.43. The average molecular weight is 458 g/mol. The van der Waals surface area contributed by atoms with Crippen molar-refractivity contribution in [2.75, 3.05) is 19.1 Å². The lowest BCUT2D eigenvalue weighted by Gasteiger charge is -2.30. The molecule has 4 aromatic rings. The van der Waals surface area contributed by atoms with Gasteiger partial charge in [0.15, 0.2) is 5.11 Å². The molecule has 166 valence electrons. The molecule has 3 aromatic heterocycles. The summed E-state index contributed by atoms with van der Waals surface area (Å²) in [6.07, 6.45) is 5.59. The van der Waals surface area contributed by atoms with Crippen LogP contribution in [0.5, 0.6) is 11.5 Å². The smallest absolute Gasteiger partial charge is 0.174 e. The highest BCUT2D eigenvalue weighted by Crippen LogP contribution is 2.45. The Balaban J connectivity index is 1.70. The van der Waals surface area contributed by atoms with Gasteiger partial charge in [-0.15, -0.1) is 0 Å². The Labute approximate surface area is 197 Å². The highest BCUT2D eigenvalue weighted by atomic mass is 32.1. The number of anilines is 1. The summed E-state index contributed by atoms with van der Waals surface area (Å²) in [5.41, 5.74) is 2.72. The molecule has 2 atom stereocenters. The standard InChI is InChI=1S/C25H23N5O2S/c1-31-17-11-12-21(32-2)20(16-17)30-24(23(28-25(30)33)18-8-3-5-13-26-18)19-9-7-15-29(19)22-10-4-6-14-27-22/h3-16,23-24H,1-2H3,(H,28,33)/t23-,24+/m0/s1. The van der Waals surface area contributed by atoms with E-state index in [1.807, 2.05) is 66.9 Å². The predicted molar refractivity (Wildman–Crippen MR) is 131 cm³/mol. The van der Waals surface area contributed by atoms with Crippen LogP contribution < -0.4 is 19.7 Å². The zero-order chi connectivity index (χ0) is 22.8. The third-order valence-corrected chi connectivity index (χ3v) is 6.04. The Kier molecular flexibility index (Phi) is 5.66. The Morgan fingerprint density at radius 3 is 2.42 bits per heavy atom. The summed E-state index contributed by atoms with van der Waals surface area (Å²) >= 11 is 5.86. The topological polar surface area (TPSA) is 64.4 Å². The van der Waals surface area contributed by atoms with Gasteiger partial charge < -0.3 is 24.3 Å². The molecule has 0 bridgehead atoms. The maximum atomic E-state index is 5.86. The number of rotatable bonds is 6. The minimum atomic E-state index is -0.217. The molecule has 0 amide bonds. The van der Waals surface area contributed by atoms with Gasteiger partial charge in [0, 0.05) is 30.4 Å². The quantitative estimate of drug-likeness (QED) is 0.429. The Bertz CT molecular complexity index is 1260. The van der Waals surface area contributed by atoms with E-state index in [1.54, 1.807) is 26.6 Å². The minimum absolute atomic E-state index is 0.188. The molecule has 7 nitrogen and oxygen atoms in total. The van der Waals surface area contributed by atoms with Gasteiger partial charge in [0.05, 0.1) is 31.6 Å². The molecule has 1 aliphatic heterocycles. The molecule has 1 aromatic carbocycles. The first-order chi connectivity index (χ1) is 16.2. The molecule has 0 spiro atoms. The molecule has 0 saturated carbocycles. The van der Waals surface area contributed by atoms with Crippen LogP contribution in [-0.2, 0) is 0 Å². The van der Waals surface area contributed by atoms with Gasteiger partial charge in [-0.05, 0) is 60.7 Å². The number of aromatic nitrogens is 3. The van der Waals surface area contributed by atoms with Crippen LogP contribution in [0.15, 0.2) is 85.3 Å². The van der Waals surface area contributed by atoms with Crippen LogP contribution in [-0.4, -0.2) is 33.9 Å². The number of nitrogens with one attached hydrogen (secondary N) is 1. The molecule has 5 rings (SSSR count). The Morgan fingerprint density at radius 2 is 1.73 bits per heavy atom. The minimum Gasteiger partial charge on any atom is -0.497 e. The normalized spacial score (nSPS) is 17.6. The number of pyridine rings is 2. The summed E-state index contributed by atoms with van der Waals surface area (Å²) in [5.74, 6) is 2.24.